The molecule has 0 amide bonds. The summed E-state index contributed by atoms with van der Waals surface area (Å²) in [5, 5.41) is 14.9. The summed E-state index contributed by atoms with van der Waals surface area (Å²) in [5.41, 5.74) is 1.70. The van der Waals surface area contributed by atoms with Crippen molar-refractivity contribution in [1.82, 2.24) is 5.32 Å². The fourth-order valence-corrected chi connectivity index (χ4v) is 3.94. The molecule has 0 spiro atoms. The van der Waals surface area contributed by atoms with Crippen molar-refractivity contribution < 1.29 is 19.2 Å². The van der Waals surface area contributed by atoms with E-state index in [-0.39, 0.29) is 22.9 Å². The molecule has 1 unspecified atom stereocenters. The third-order valence-electron chi connectivity index (χ3n) is 4.81. The van der Waals surface area contributed by atoms with E-state index in [1.54, 1.807) is 50.1 Å². The number of rotatable bonds is 6. The number of benzene rings is 2. The van der Waals surface area contributed by atoms with Crippen LogP contribution in [0.15, 0.2) is 53.7 Å². The third kappa shape index (κ3) is 4.47. The van der Waals surface area contributed by atoms with Gasteiger partial charge < -0.3 is 14.8 Å². The first-order valence-corrected chi connectivity index (χ1v) is 10.1. The van der Waals surface area contributed by atoms with E-state index in [4.69, 9.17) is 33.3 Å². The van der Waals surface area contributed by atoms with Gasteiger partial charge in [-0.05, 0) is 56.4 Å². The zero-order valence-electron chi connectivity index (χ0n) is 17.0. The molecule has 2 aromatic rings. The summed E-state index contributed by atoms with van der Waals surface area (Å²) in [6.07, 6.45) is 0. The molecule has 0 saturated carbocycles. The van der Waals surface area contributed by atoms with Gasteiger partial charge in [0, 0.05) is 34.1 Å². The van der Waals surface area contributed by atoms with Gasteiger partial charge in [0.1, 0.15) is 5.75 Å². The SMILES string of the molecule is CCOC(=O)C1=C(C)N(c2ccc(OC)cc2)C(=S)NC1c1cc([N+](=O)[O-])ccc1Cl. The number of ether oxygens (including phenoxy) is 2. The Morgan fingerprint density at radius 1 is 1.29 bits per heavy atom. The molecular weight excluding hydrogens is 442 g/mol. The first-order chi connectivity index (χ1) is 14.8. The molecule has 1 aliphatic heterocycles. The number of allylic oxidation sites excluding steroid dienone is 1. The van der Waals surface area contributed by atoms with Crippen LogP contribution in [0.5, 0.6) is 5.75 Å². The first-order valence-electron chi connectivity index (χ1n) is 9.34. The molecule has 0 fully saturated rings. The highest BCUT2D eigenvalue weighted by Crippen LogP contribution is 2.38. The van der Waals surface area contributed by atoms with Crippen molar-refractivity contribution in [2.45, 2.75) is 19.9 Å². The quantitative estimate of drug-likeness (QED) is 0.290. The van der Waals surface area contributed by atoms with E-state index >= 15 is 0 Å². The third-order valence-corrected chi connectivity index (χ3v) is 5.46. The minimum atomic E-state index is -0.812. The Morgan fingerprint density at radius 2 is 1.97 bits per heavy atom. The van der Waals surface area contributed by atoms with Crippen molar-refractivity contribution in [3.8, 4) is 5.75 Å². The number of methoxy groups -OCH3 is 1. The average Bonchev–Trinajstić information content (AvgIpc) is 2.74. The highest BCUT2D eigenvalue weighted by Gasteiger charge is 2.37. The van der Waals surface area contributed by atoms with Crippen LogP contribution < -0.4 is 15.0 Å². The lowest BCUT2D eigenvalue weighted by Gasteiger charge is -2.37. The van der Waals surface area contributed by atoms with Crippen molar-refractivity contribution in [3.63, 3.8) is 0 Å². The molecule has 0 saturated heterocycles. The topological polar surface area (TPSA) is 93.9 Å². The second-order valence-corrected chi connectivity index (χ2v) is 7.39. The number of hydrogen-bond acceptors (Lipinski definition) is 6. The lowest BCUT2D eigenvalue weighted by atomic mass is 9.94. The van der Waals surface area contributed by atoms with Gasteiger partial charge in [-0.3, -0.25) is 15.0 Å². The monoisotopic (exact) mass is 461 g/mol. The molecule has 1 aliphatic rings. The Labute approximate surface area is 189 Å². The van der Waals surface area contributed by atoms with Crippen molar-refractivity contribution in [2.75, 3.05) is 18.6 Å². The van der Waals surface area contributed by atoms with Crippen molar-refractivity contribution in [2.24, 2.45) is 0 Å². The van der Waals surface area contributed by atoms with E-state index in [9.17, 15) is 14.9 Å². The first kappa shape index (κ1) is 22.5. The van der Waals surface area contributed by atoms with Crippen LogP contribution in [-0.4, -0.2) is 29.7 Å². The van der Waals surface area contributed by atoms with Crippen molar-refractivity contribution in [3.05, 3.63) is 74.4 Å². The molecule has 1 heterocycles. The van der Waals surface area contributed by atoms with Crippen LogP contribution in [0, 0.1) is 10.1 Å². The van der Waals surface area contributed by atoms with Gasteiger partial charge in [0.2, 0.25) is 0 Å². The van der Waals surface area contributed by atoms with Crippen LogP contribution in [0.2, 0.25) is 5.02 Å². The average molecular weight is 462 g/mol. The maximum absolute atomic E-state index is 12.9. The fourth-order valence-electron chi connectivity index (χ4n) is 3.36. The molecule has 0 aliphatic carbocycles. The molecule has 31 heavy (non-hydrogen) atoms. The van der Waals surface area contributed by atoms with E-state index in [1.165, 1.54) is 18.2 Å². The Kier molecular flexibility index (Phi) is 6.77. The summed E-state index contributed by atoms with van der Waals surface area (Å²) in [4.78, 5) is 25.4. The molecule has 0 radical (unpaired) electrons. The summed E-state index contributed by atoms with van der Waals surface area (Å²) >= 11 is 11.9. The van der Waals surface area contributed by atoms with Crippen molar-refractivity contribution >= 4 is 46.3 Å². The van der Waals surface area contributed by atoms with Crippen LogP contribution in [0.25, 0.3) is 0 Å². The molecule has 1 atom stereocenters. The summed E-state index contributed by atoms with van der Waals surface area (Å²) in [6.45, 7) is 3.60. The second kappa shape index (κ2) is 9.32. The Morgan fingerprint density at radius 3 is 2.55 bits per heavy atom. The number of nitro groups is 1. The minimum Gasteiger partial charge on any atom is -0.497 e. The highest BCUT2D eigenvalue weighted by atomic mass is 35.5. The molecule has 0 bridgehead atoms. The predicted octanol–water partition coefficient (Wildman–Crippen LogP) is 4.53. The number of thiocarbonyl (C=S) groups is 1. The zero-order valence-corrected chi connectivity index (χ0v) is 18.6. The van der Waals surface area contributed by atoms with Gasteiger partial charge in [0.15, 0.2) is 5.11 Å². The number of nitrogens with zero attached hydrogens (tertiary/aromatic N) is 2. The van der Waals surface area contributed by atoms with Gasteiger partial charge in [0.05, 0.1) is 30.3 Å². The summed E-state index contributed by atoms with van der Waals surface area (Å²) < 4.78 is 10.5. The number of nitrogens with one attached hydrogen (secondary N) is 1. The van der Waals surface area contributed by atoms with Gasteiger partial charge in [-0.1, -0.05) is 11.6 Å². The molecular formula is C21H20ClN3O5S. The second-order valence-electron chi connectivity index (χ2n) is 6.60. The van der Waals surface area contributed by atoms with Gasteiger partial charge in [-0.25, -0.2) is 4.79 Å². The maximum Gasteiger partial charge on any atom is 0.338 e. The maximum atomic E-state index is 12.9. The number of hydrogen-bond donors (Lipinski definition) is 1. The molecule has 10 heteroatoms. The number of esters is 1. The van der Waals surface area contributed by atoms with Gasteiger partial charge >= 0.3 is 5.97 Å². The number of non-ortho nitro benzene ring substituents is 1. The summed E-state index contributed by atoms with van der Waals surface area (Å²) in [5.74, 6) is 0.106. The lowest BCUT2D eigenvalue weighted by molar-refractivity contribution is -0.384. The number of halogens is 1. The highest BCUT2D eigenvalue weighted by molar-refractivity contribution is 7.80. The van der Waals surface area contributed by atoms with Crippen molar-refractivity contribution in [1.29, 1.82) is 0 Å². The Bertz CT molecular complexity index is 1070. The van der Waals surface area contributed by atoms with Crippen LogP contribution in [0.4, 0.5) is 11.4 Å². The summed E-state index contributed by atoms with van der Waals surface area (Å²) in [6, 6.07) is 10.4. The molecule has 8 nitrogen and oxygen atoms in total. The molecule has 1 N–H and O–H groups in total. The van der Waals surface area contributed by atoms with E-state index in [0.29, 0.717) is 27.8 Å². The van der Waals surface area contributed by atoms with E-state index in [1.807, 2.05) is 0 Å². The predicted molar refractivity (Wildman–Crippen MR) is 121 cm³/mol. The molecule has 2 aromatic carbocycles. The Balaban J connectivity index is 2.16. The zero-order chi connectivity index (χ0) is 22.7. The van der Waals surface area contributed by atoms with Crippen LogP contribution in [-0.2, 0) is 9.53 Å². The fraction of sp³-hybridized carbons (Fsp3) is 0.238. The molecule has 0 aromatic heterocycles. The molecule has 162 valence electrons. The van der Waals surface area contributed by atoms with E-state index in [0.717, 1.165) is 0 Å². The molecule has 3 rings (SSSR count). The summed E-state index contributed by atoms with van der Waals surface area (Å²) in [7, 11) is 1.57. The normalized spacial score (nSPS) is 16.1. The van der Waals surface area contributed by atoms with Gasteiger partial charge in [-0.2, -0.15) is 0 Å². The number of carbonyl (C=O) groups is 1. The smallest absolute Gasteiger partial charge is 0.338 e. The Hall–Kier alpha value is -3.17. The lowest BCUT2D eigenvalue weighted by Crippen LogP contribution is -2.48. The van der Waals surface area contributed by atoms with Crippen LogP contribution in [0.1, 0.15) is 25.5 Å². The minimum absolute atomic E-state index is 0.148. The van der Waals surface area contributed by atoms with E-state index in [2.05, 4.69) is 5.32 Å². The number of carbonyl (C=O) groups excluding carboxylic acids is 1. The number of nitro benzene ring substituents is 1. The van der Waals surface area contributed by atoms with E-state index < -0.39 is 16.9 Å². The van der Waals surface area contributed by atoms with Gasteiger partial charge in [-0.15, -0.1) is 0 Å². The number of anilines is 1. The van der Waals surface area contributed by atoms with Crippen LogP contribution >= 0.6 is 23.8 Å². The standard InChI is InChI=1S/C21H20ClN3O5S/c1-4-30-20(26)18-12(2)24(13-5-8-15(29-3)9-6-13)21(31)23-19(18)16-11-14(25(27)28)7-10-17(16)22/h5-11,19H,4H2,1-3H3,(H,23,31). The van der Waals surface area contributed by atoms with Crippen LogP contribution in [0.3, 0.4) is 0 Å². The van der Waals surface area contributed by atoms with Gasteiger partial charge in [0.25, 0.3) is 5.69 Å². The largest absolute Gasteiger partial charge is 0.497 e.